The van der Waals surface area contributed by atoms with Gasteiger partial charge in [0.25, 0.3) is 0 Å². The van der Waals surface area contributed by atoms with Crippen LogP contribution in [-0.2, 0) is 11.3 Å². The molecule has 0 bridgehead atoms. The molecule has 0 radical (unpaired) electrons. The van der Waals surface area contributed by atoms with Crippen LogP contribution in [0.15, 0.2) is 72.8 Å². The van der Waals surface area contributed by atoms with Crippen LogP contribution in [0, 0.1) is 5.82 Å². The Hall–Kier alpha value is -3.18. The highest BCUT2D eigenvalue weighted by atomic mass is 35.5. The maximum atomic E-state index is 13.0. The average molecular weight is 380 g/mol. The third-order valence-corrected chi connectivity index (χ3v) is 4.53. The Morgan fingerprint density at radius 2 is 1.70 bits per heavy atom. The summed E-state index contributed by atoms with van der Waals surface area (Å²) in [6, 6.07) is 20.6. The molecule has 4 aromatic rings. The molecule has 0 saturated carbocycles. The first-order valence-corrected chi connectivity index (χ1v) is 8.75. The van der Waals surface area contributed by atoms with Crippen LogP contribution in [0.1, 0.15) is 0 Å². The molecule has 0 aliphatic heterocycles. The van der Waals surface area contributed by atoms with Crippen LogP contribution in [0.25, 0.3) is 22.4 Å². The summed E-state index contributed by atoms with van der Waals surface area (Å²) in [7, 11) is 0. The topological polar surface area (TPSA) is 46.9 Å². The molecule has 27 heavy (non-hydrogen) atoms. The first-order valence-electron chi connectivity index (χ1n) is 8.37. The molecule has 1 heterocycles. The van der Waals surface area contributed by atoms with Gasteiger partial charge in [0, 0.05) is 11.3 Å². The number of rotatable bonds is 4. The molecule has 0 fully saturated rings. The highest BCUT2D eigenvalue weighted by Gasteiger charge is 2.17. The van der Waals surface area contributed by atoms with Crippen molar-refractivity contribution in [1.82, 2.24) is 9.55 Å². The smallest absolute Gasteiger partial charge is 0.244 e. The number of fused-ring (bicyclic) bond motifs is 1. The second-order valence-corrected chi connectivity index (χ2v) is 6.45. The predicted octanol–water partition coefficient (Wildman–Crippen LogP) is 5.13. The molecule has 6 heteroatoms. The van der Waals surface area contributed by atoms with E-state index in [1.807, 2.05) is 47.0 Å². The van der Waals surface area contributed by atoms with Gasteiger partial charge in [-0.05, 0) is 48.5 Å². The molecular formula is C21H15ClFN3O. The zero-order chi connectivity index (χ0) is 18.8. The monoisotopic (exact) mass is 379 g/mol. The number of nitrogens with zero attached hydrogens (tertiary/aromatic N) is 2. The van der Waals surface area contributed by atoms with Crippen LogP contribution in [0.3, 0.4) is 0 Å². The van der Waals surface area contributed by atoms with Gasteiger partial charge in [-0.1, -0.05) is 35.9 Å². The second kappa shape index (κ2) is 7.21. The maximum Gasteiger partial charge on any atom is 0.244 e. The van der Waals surface area contributed by atoms with Gasteiger partial charge in [-0.15, -0.1) is 0 Å². The minimum atomic E-state index is -0.352. The summed E-state index contributed by atoms with van der Waals surface area (Å²) in [4.78, 5) is 17.3. The average Bonchev–Trinajstić information content (AvgIpc) is 3.02. The lowest BCUT2D eigenvalue weighted by atomic mass is 10.2. The lowest BCUT2D eigenvalue weighted by molar-refractivity contribution is -0.116. The van der Waals surface area contributed by atoms with Crippen molar-refractivity contribution in [1.29, 1.82) is 0 Å². The molecule has 1 aromatic heterocycles. The molecule has 4 nitrogen and oxygen atoms in total. The third-order valence-electron chi connectivity index (χ3n) is 4.20. The van der Waals surface area contributed by atoms with Gasteiger partial charge in [0.05, 0.1) is 16.1 Å². The lowest BCUT2D eigenvalue weighted by Crippen LogP contribution is -2.19. The van der Waals surface area contributed by atoms with E-state index in [2.05, 4.69) is 10.3 Å². The summed E-state index contributed by atoms with van der Waals surface area (Å²) in [5.74, 6) is 0.0312. The molecule has 1 N–H and O–H groups in total. The van der Waals surface area contributed by atoms with E-state index in [-0.39, 0.29) is 18.3 Å². The molecule has 134 valence electrons. The second-order valence-electron chi connectivity index (χ2n) is 6.05. The minimum Gasteiger partial charge on any atom is -0.325 e. The van der Waals surface area contributed by atoms with Crippen LogP contribution >= 0.6 is 11.6 Å². The molecule has 0 aliphatic carbocycles. The number of halogens is 2. The van der Waals surface area contributed by atoms with Gasteiger partial charge in [-0.2, -0.15) is 0 Å². The normalized spacial score (nSPS) is 10.9. The van der Waals surface area contributed by atoms with Crippen molar-refractivity contribution < 1.29 is 9.18 Å². The summed E-state index contributed by atoms with van der Waals surface area (Å²) >= 11 is 6.35. The summed E-state index contributed by atoms with van der Waals surface area (Å²) in [6.45, 7) is 0.0540. The number of hydrogen-bond donors (Lipinski definition) is 1. The van der Waals surface area contributed by atoms with E-state index in [4.69, 9.17) is 11.6 Å². The van der Waals surface area contributed by atoms with E-state index in [1.165, 1.54) is 24.3 Å². The van der Waals surface area contributed by atoms with Crippen molar-refractivity contribution in [2.24, 2.45) is 0 Å². The lowest BCUT2D eigenvalue weighted by Gasteiger charge is -2.11. The number of carbonyl (C=O) groups is 1. The van der Waals surface area contributed by atoms with E-state index in [9.17, 15) is 9.18 Å². The Morgan fingerprint density at radius 1 is 1.00 bits per heavy atom. The number of amides is 1. The Morgan fingerprint density at radius 3 is 2.48 bits per heavy atom. The Balaban J connectivity index is 1.72. The van der Waals surface area contributed by atoms with E-state index in [1.54, 1.807) is 6.07 Å². The summed E-state index contributed by atoms with van der Waals surface area (Å²) in [6.07, 6.45) is 0. The van der Waals surface area contributed by atoms with Crippen molar-refractivity contribution in [3.05, 3.63) is 83.6 Å². The van der Waals surface area contributed by atoms with Gasteiger partial charge in [-0.3, -0.25) is 4.79 Å². The first kappa shape index (κ1) is 17.2. The molecule has 0 atom stereocenters. The van der Waals surface area contributed by atoms with E-state index < -0.39 is 0 Å². The van der Waals surface area contributed by atoms with Crippen LogP contribution in [0.4, 0.5) is 10.1 Å². The van der Waals surface area contributed by atoms with Gasteiger partial charge >= 0.3 is 0 Å². The number of nitrogens with one attached hydrogen (secondary N) is 1. The van der Waals surface area contributed by atoms with Crippen LogP contribution < -0.4 is 5.32 Å². The fourth-order valence-electron chi connectivity index (χ4n) is 2.96. The number of carbonyl (C=O) groups excluding carboxylic acids is 1. The third kappa shape index (κ3) is 3.55. The van der Waals surface area contributed by atoms with E-state index in [0.717, 1.165) is 16.6 Å². The SMILES string of the molecule is O=C(Cn1c(-c2ccccc2Cl)nc2ccccc21)Nc1ccc(F)cc1. The standard InChI is InChI=1S/C21H15ClFN3O/c22-17-6-2-1-5-16(17)21-25-18-7-3-4-8-19(18)26(21)13-20(27)24-15-11-9-14(23)10-12-15/h1-12H,13H2,(H,24,27). The molecule has 0 saturated heterocycles. The number of imidazole rings is 1. The Kier molecular flexibility index (Phi) is 4.60. The Bertz CT molecular complexity index is 1120. The Labute approximate surface area is 160 Å². The fraction of sp³-hybridized carbons (Fsp3) is 0.0476. The highest BCUT2D eigenvalue weighted by molar-refractivity contribution is 6.33. The van der Waals surface area contributed by atoms with Gasteiger partial charge in [0.2, 0.25) is 5.91 Å². The molecule has 3 aromatic carbocycles. The number of aromatic nitrogens is 2. The van der Waals surface area contributed by atoms with Gasteiger partial charge in [0.1, 0.15) is 18.2 Å². The highest BCUT2D eigenvalue weighted by Crippen LogP contribution is 2.30. The summed E-state index contributed by atoms with van der Waals surface area (Å²) in [5, 5.41) is 3.34. The van der Waals surface area contributed by atoms with E-state index in [0.29, 0.717) is 16.5 Å². The van der Waals surface area contributed by atoms with Gasteiger partial charge < -0.3 is 9.88 Å². The molecule has 0 unspecified atom stereocenters. The quantitative estimate of drug-likeness (QED) is 0.534. The minimum absolute atomic E-state index is 0.0540. The fourth-order valence-corrected chi connectivity index (χ4v) is 3.18. The number of anilines is 1. The maximum absolute atomic E-state index is 13.0. The predicted molar refractivity (Wildman–Crippen MR) is 105 cm³/mol. The molecule has 0 spiro atoms. The van der Waals surface area contributed by atoms with Crippen molar-refractivity contribution >= 4 is 34.2 Å². The summed E-state index contributed by atoms with van der Waals surface area (Å²) < 4.78 is 14.9. The zero-order valence-corrected chi connectivity index (χ0v) is 14.9. The van der Waals surface area contributed by atoms with Crippen LogP contribution in [0.5, 0.6) is 0 Å². The molecule has 4 rings (SSSR count). The van der Waals surface area contributed by atoms with Crippen LogP contribution in [-0.4, -0.2) is 15.5 Å². The number of hydrogen-bond acceptors (Lipinski definition) is 2. The van der Waals surface area contributed by atoms with Crippen molar-refractivity contribution in [2.75, 3.05) is 5.32 Å². The first-order chi connectivity index (χ1) is 13.1. The number of para-hydroxylation sites is 2. The van der Waals surface area contributed by atoms with Crippen molar-refractivity contribution in [3.8, 4) is 11.4 Å². The molecule has 0 aliphatic rings. The van der Waals surface area contributed by atoms with Gasteiger partial charge in [-0.25, -0.2) is 9.37 Å². The molecule has 1 amide bonds. The zero-order valence-electron chi connectivity index (χ0n) is 14.2. The summed E-state index contributed by atoms with van der Waals surface area (Å²) in [5.41, 5.74) is 2.90. The largest absolute Gasteiger partial charge is 0.325 e. The van der Waals surface area contributed by atoms with E-state index >= 15 is 0 Å². The van der Waals surface area contributed by atoms with Crippen molar-refractivity contribution in [2.45, 2.75) is 6.54 Å². The van der Waals surface area contributed by atoms with Crippen LogP contribution in [0.2, 0.25) is 5.02 Å². The van der Waals surface area contributed by atoms with Crippen molar-refractivity contribution in [3.63, 3.8) is 0 Å². The number of benzene rings is 3. The molecular weight excluding hydrogens is 365 g/mol. The van der Waals surface area contributed by atoms with Gasteiger partial charge in [0.15, 0.2) is 0 Å².